The third kappa shape index (κ3) is 9.09. The molecule has 6 rings (SSSR count). The summed E-state index contributed by atoms with van der Waals surface area (Å²) in [6, 6.07) is 12.6. The van der Waals surface area contributed by atoms with Crippen LogP contribution in [0.4, 0.5) is 26.3 Å². The number of furan rings is 1. The quantitative estimate of drug-likeness (QED) is 0.267. The maximum absolute atomic E-state index is 13.8. The zero-order valence-electron chi connectivity index (χ0n) is 27.9. The minimum Gasteiger partial charge on any atom is -0.472 e. The second-order valence-corrected chi connectivity index (χ2v) is 13.9. The Balaban J connectivity index is 1.10. The van der Waals surface area contributed by atoms with Crippen LogP contribution in [0.2, 0.25) is 0 Å². The summed E-state index contributed by atoms with van der Waals surface area (Å²) in [6.45, 7) is 6.12. The van der Waals surface area contributed by atoms with E-state index < -0.39 is 47.1 Å². The highest BCUT2D eigenvalue weighted by Crippen LogP contribution is 2.37. The third-order valence-corrected chi connectivity index (χ3v) is 10.5. The largest absolute Gasteiger partial charge is 0.472 e. The van der Waals surface area contributed by atoms with Crippen LogP contribution < -0.4 is 0 Å². The second kappa shape index (κ2) is 15.5. The van der Waals surface area contributed by atoms with E-state index in [4.69, 9.17) is 4.42 Å². The Kier molecular flexibility index (Phi) is 11.3. The number of β-amino-alcohol motifs (C(OH)–C–C–N with tert-alkyl or cyclic N) is 1. The van der Waals surface area contributed by atoms with E-state index >= 15 is 0 Å². The molecule has 3 saturated heterocycles. The molecule has 1 N–H and O–H groups in total. The van der Waals surface area contributed by atoms with Crippen molar-refractivity contribution in [1.82, 2.24) is 19.6 Å². The second-order valence-electron chi connectivity index (χ2n) is 13.9. The van der Waals surface area contributed by atoms with Gasteiger partial charge in [0, 0.05) is 75.9 Å². The average Bonchev–Trinajstić information content (AvgIpc) is 3.60. The normalized spacial score (nSPS) is 24.0. The molecule has 3 aromatic rings. The maximum atomic E-state index is 13.8. The number of hydrogen-bond acceptors (Lipinski definition) is 6. The molecular formula is C37H44F6N4O3. The topological polar surface area (TPSA) is 63.4 Å². The van der Waals surface area contributed by atoms with E-state index in [1.165, 1.54) is 4.90 Å². The fraction of sp³-hybridized carbons (Fsp3) is 0.541. The summed E-state index contributed by atoms with van der Waals surface area (Å²) in [6.07, 6.45) is -2.96. The van der Waals surface area contributed by atoms with E-state index in [0.29, 0.717) is 50.4 Å². The van der Waals surface area contributed by atoms with Gasteiger partial charge >= 0.3 is 12.4 Å². The highest BCUT2D eigenvalue weighted by atomic mass is 19.4. The Bertz CT molecular complexity index is 1510. The lowest BCUT2D eigenvalue weighted by Gasteiger charge is -2.48. The highest BCUT2D eigenvalue weighted by molar-refractivity contribution is 5.95. The Morgan fingerprint density at radius 3 is 2.10 bits per heavy atom. The van der Waals surface area contributed by atoms with Crippen LogP contribution in [-0.4, -0.2) is 107 Å². The standard InChI is InChI=1S/C37H44F6N4O3/c38-36(39,40)29-19-28(20-30(21-29)37(41,42)43)35(49)47-11-8-31(22-33(47)17-26-5-2-1-3-6-26)45-12-14-46(15-13-45)32-7-4-10-44(23-32)24-34(48)18-27-9-16-50-25-27/h1-3,5-6,9,16,19-21,25,31-34,48H,4,7-8,10-15,17-18,22-24H2. The summed E-state index contributed by atoms with van der Waals surface area (Å²) in [7, 11) is 0. The van der Waals surface area contributed by atoms with Gasteiger partial charge < -0.3 is 14.4 Å². The molecule has 3 aliphatic heterocycles. The zero-order valence-corrected chi connectivity index (χ0v) is 27.9. The van der Waals surface area contributed by atoms with Gasteiger partial charge in [-0.1, -0.05) is 30.3 Å². The van der Waals surface area contributed by atoms with Crippen LogP contribution >= 0.6 is 0 Å². The summed E-state index contributed by atoms with van der Waals surface area (Å²) >= 11 is 0. The molecule has 272 valence electrons. The van der Waals surface area contributed by atoms with Gasteiger partial charge in [0.15, 0.2) is 0 Å². The summed E-state index contributed by atoms with van der Waals surface area (Å²) in [4.78, 5) is 22.6. The van der Waals surface area contributed by atoms with Crippen molar-refractivity contribution in [3.8, 4) is 0 Å². The van der Waals surface area contributed by atoms with E-state index in [-0.39, 0.29) is 18.7 Å². The monoisotopic (exact) mass is 706 g/mol. The predicted molar refractivity (Wildman–Crippen MR) is 175 cm³/mol. The SMILES string of the molecule is O=C(c1cc(C(F)(F)F)cc(C(F)(F)F)c1)N1CCC(N2CCN(C3CCCN(CC(O)Cc4ccoc4)C3)CC2)CC1Cc1ccccc1. The van der Waals surface area contributed by atoms with Crippen LogP contribution in [0.25, 0.3) is 0 Å². The van der Waals surface area contributed by atoms with Crippen molar-refractivity contribution in [2.24, 2.45) is 0 Å². The summed E-state index contributed by atoms with van der Waals surface area (Å²) in [5, 5.41) is 10.7. The van der Waals surface area contributed by atoms with Crippen LogP contribution in [0.15, 0.2) is 71.5 Å². The molecule has 3 fully saturated rings. The van der Waals surface area contributed by atoms with Gasteiger partial charge in [0.1, 0.15) is 0 Å². The molecule has 4 atom stereocenters. The molecule has 0 saturated carbocycles. The number of aliphatic hydroxyl groups is 1. The van der Waals surface area contributed by atoms with Gasteiger partial charge in [-0.3, -0.25) is 19.5 Å². The van der Waals surface area contributed by atoms with Gasteiger partial charge in [-0.2, -0.15) is 26.3 Å². The van der Waals surface area contributed by atoms with E-state index in [9.17, 15) is 36.2 Å². The zero-order chi connectivity index (χ0) is 35.5. The lowest BCUT2D eigenvalue weighted by atomic mass is 9.90. The first-order valence-electron chi connectivity index (χ1n) is 17.4. The van der Waals surface area contributed by atoms with Crippen LogP contribution in [0.1, 0.15) is 58.3 Å². The first-order valence-corrected chi connectivity index (χ1v) is 17.4. The van der Waals surface area contributed by atoms with Gasteiger partial charge in [0.05, 0.1) is 29.8 Å². The van der Waals surface area contributed by atoms with Crippen molar-refractivity contribution in [1.29, 1.82) is 0 Å². The number of hydrogen-bond donors (Lipinski definition) is 1. The number of amides is 1. The molecular weight excluding hydrogens is 662 g/mol. The molecule has 0 spiro atoms. The van der Waals surface area contributed by atoms with Crippen LogP contribution in [-0.2, 0) is 25.2 Å². The van der Waals surface area contributed by atoms with Crippen molar-refractivity contribution >= 4 is 5.91 Å². The first kappa shape index (κ1) is 36.4. The van der Waals surface area contributed by atoms with E-state index in [0.717, 1.165) is 63.2 Å². The number of benzene rings is 2. The molecule has 0 aliphatic carbocycles. The molecule has 2 aromatic carbocycles. The lowest BCUT2D eigenvalue weighted by molar-refractivity contribution is -0.143. The number of rotatable bonds is 9. The molecule has 3 aliphatic rings. The minimum atomic E-state index is -5.04. The smallest absolute Gasteiger partial charge is 0.416 e. The molecule has 4 heterocycles. The third-order valence-electron chi connectivity index (χ3n) is 10.5. The maximum Gasteiger partial charge on any atom is 0.416 e. The van der Waals surface area contributed by atoms with Crippen molar-refractivity contribution in [3.05, 3.63) is 94.9 Å². The number of alkyl halides is 6. The van der Waals surface area contributed by atoms with Gasteiger partial charge in [-0.25, -0.2) is 0 Å². The van der Waals surface area contributed by atoms with E-state index in [2.05, 4.69) is 14.7 Å². The molecule has 13 heteroatoms. The van der Waals surface area contributed by atoms with Crippen molar-refractivity contribution in [3.63, 3.8) is 0 Å². The molecule has 1 aromatic heterocycles. The minimum absolute atomic E-state index is 0.0568. The molecule has 0 radical (unpaired) electrons. The number of aliphatic hydroxyl groups excluding tert-OH is 1. The average molecular weight is 707 g/mol. The van der Waals surface area contributed by atoms with Gasteiger partial charge in [-0.05, 0) is 74.0 Å². The van der Waals surface area contributed by atoms with E-state index in [1.807, 2.05) is 36.4 Å². The summed E-state index contributed by atoms with van der Waals surface area (Å²) in [5.74, 6) is -0.817. The van der Waals surface area contributed by atoms with Gasteiger partial charge in [0.2, 0.25) is 0 Å². The molecule has 0 bridgehead atoms. The van der Waals surface area contributed by atoms with Crippen LogP contribution in [0.3, 0.4) is 0 Å². The van der Waals surface area contributed by atoms with Gasteiger partial charge in [-0.15, -0.1) is 0 Å². The van der Waals surface area contributed by atoms with Crippen molar-refractivity contribution in [2.45, 2.75) is 75.1 Å². The number of halogens is 6. The molecule has 7 nitrogen and oxygen atoms in total. The Morgan fingerprint density at radius 1 is 0.820 bits per heavy atom. The predicted octanol–water partition coefficient (Wildman–Crippen LogP) is 6.22. The molecule has 50 heavy (non-hydrogen) atoms. The van der Waals surface area contributed by atoms with Crippen LogP contribution in [0.5, 0.6) is 0 Å². The molecule has 1 amide bonds. The number of piperidine rings is 2. The fourth-order valence-electron chi connectivity index (χ4n) is 7.96. The van der Waals surface area contributed by atoms with Gasteiger partial charge in [0.25, 0.3) is 5.91 Å². The number of piperazine rings is 1. The molecule has 4 unspecified atom stereocenters. The highest BCUT2D eigenvalue weighted by Gasteiger charge is 2.40. The number of likely N-dealkylation sites (tertiary alicyclic amines) is 2. The Morgan fingerprint density at radius 2 is 1.48 bits per heavy atom. The Hall–Kier alpha value is -3.39. The first-order chi connectivity index (χ1) is 23.8. The van der Waals surface area contributed by atoms with Crippen molar-refractivity contribution < 1.29 is 40.7 Å². The summed E-state index contributed by atoms with van der Waals surface area (Å²) < 4.78 is 86.9. The number of carbonyl (C=O) groups excluding carboxylic acids is 1. The fourth-order valence-corrected chi connectivity index (χ4v) is 7.96. The number of nitrogens with zero attached hydrogens (tertiary/aromatic N) is 4. The van der Waals surface area contributed by atoms with Crippen LogP contribution in [0, 0.1) is 0 Å². The van der Waals surface area contributed by atoms with E-state index in [1.54, 1.807) is 12.5 Å². The Labute approximate surface area is 288 Å². The summed E-state index contributed by atoms with van der Waals surface area (Å²) in [5.41, 5.74) is -1.66. The number of carbonyl (C=O) groups is 1. The lowest BCUT2D eigenvalue weighted by Crippen LogP contribution is -2.59. The van der Waals surface area contributed by atoms with Crippen molar-refractivity contribution in [2.75, 3.05) is 52.4 Å².